The molecule has 5 aromatic rings. The highest BCUT2D eigenvalue weighted by Crippen LogP contribution is 2.18. The van der Waals surface area contributed by atoms with Gasteiger partial charge in [-0.1, -0.05) is 46.6 Å². The number of aromatic amines is 1. The van der Waals surface area contributed by atoms with Crippen LogP contribution in [0.3, 0.4) is 0 Å². The number of rotatable bonds is 5. The third-order valence-corrected chi connectivity index (χ3v) is 5.17. The van der Waals surface area contributed by atoms with Crippen molar-refractivity contribution >= 4 is 34.4 Å². The molecule has 0 amide bonds. The van der Waals surface area contributed by atoms with Crippen LogP contribution in [0.1, 0.15) is 11.4 Å². The summed E-state index contributed by atoms with van der Waals surface area (Å²) in [5.41, 5.74) is 1.70. The number of halogens is 2. The van der Waals surface area contributed by atoms with Gasteiger partial charge in [0.15, 0.2) is 11.2 Å². The van der Waals surface area contributed by atoms with Crippen LogP contribution in [0.4, 0.5) is 0 Å². The summed E-state index contributed by atoms with van der Waals surface area (Å²) in [5.74, 6) is 0.783. The number of nitrogens with one attached hydrogen (secondary N) is 1. The van der Waals surface area contributed by atoms with Crippen LogP contribution >= 0.6 is 23.2 Å². The highest BCUT2D eigenvalue weighted by Gasteiger charge is 2.14. The molecule has 5 rings (SSSR count). The zero-order chi connectivity index (χ0) is 21.4. The summed E-state index contributed by atoms with van der Waals surface area (Å²) in [6, 6.07) is 14.5. The Balaban J connectivity index is 1.45. The molecular formula is C19H13Cl2N9O. The van der Waals surface area contributed by atoms with E-state index in [0.717, 1.165) is 11.1 Å². The lowest BCUT2D eigenvalue weighted by Crippen LogP contribution is -2.16. The van der Waals surface area contributed by atoms with E-state index in [-0.39, 0.29) is 12.1 Å². The normalized spacial score (nSPS) is 11.3. The average Bonchev–Trinajstić information content (AvgIpc) is 3.38. The Morgan fingerprint density at radius 3 is 2.55 bits per heavy atom. The zero-order valence-corrected chi connectivity index (χ0v) is 17.3. The van der Waals surface area contributed by atoms with Gasteiger partial charge < -0.3 is 4.98 Å². The van der Waals surface area contributed by atoms with Gasteiger partial charge >= 0.3 is 0 Å². The maximum absolute atomic E-state index is 12.5. The van der Waals surface area contributed by atoms with Crippen LogP contribution in [0.25, 0.3) is 22.6 Å². The minimum Gasteiger partial charge on any atom is -0.307 e. The summed E-state index contributed by atoms with van der Waals surface area (Å²) in [6.45, 7) is 0.442. The predicted molar refractivity (Wildman–Crippen MR) is 114 cm³/mol. The fraction of sp³-hybridized carbons (Fsp3) is 0.105. The van der Waals surface area contributed by atoms with Crippen molar-refractivity contribution in [2.45, 2.75) is 13.1 Å². The summed E-state index contributed by atoms with van der Waals surface area (Å²) in [4.78, 5) is 21.0. The van der Waals surface area contributed by atoms with Crippen LogP contribution in [-0.4, -0.2) is 45.2 Å². The highest BCUT2D eigenvalue weighted by molar-refractivity contribution is 6.31. The molecule has 0 fully saturated rings. The Morgan fingerprint density at radius 2 is 1.74 bits per heavy atom. The first-order valence-corrected chi connectivity index (χ1v) is 9.92. The lowest BCUT2D eigenvalue weighted by Gasteiger charge is -2.05. The van der Waals surface area contributed by atoms with E-state index in [1.807, 2.05) is 18.2 Å². The number of hydrogen-bond acceptors (Lipinski definition) is 7. The van der Waals surface area contributed by atoms with Crippen LogP contribution in [0.2, 0.25) is 10.0 Å². The Labute approximate surface area is 184 Å². The average molecular weight is 454 g/mol. The monoisotopic (exact) mass is 453 g/mol. The molecule has 12 heteroatoms. The van der Waals surface area contributed by atoms with E-state index in [1.54, 1.807) is 30.3 Å². The molecule has 1 N–H and O–H groups in total. The quantitative estimate of drug-likeness (QED) is 0.433. The molecule has 0 aliphatic rings. The van der Waals surface area contributed by atoms with Crippen LogP contribution in [0.15, 0.2) is 53.3 Å². The van der Waals surface area contributed by atoms with Crippen LogP contribution in [0.5, 0.6) is 0 Å². The van der Waals surface area contributed by atoms with Gasteiger partial charge in [-0.15, -0.1) is 15.3 Å². The van der Waals surface area contributed by atoms with Gasteiger partial charge in [-0.05, 0) is 41.1 Å². The second-order valence-electron chi connectivity index (χ2n) is 6.67. The fourth-order valence-corrected chi connectivity index (χ4v) is 3.36. The second kappa shape index (κ2) is 7.89. The molecule has 3 heterocycles. The van der Waals surface area contributed by atoms with Crippen molar-refractivity contribution in [1.82, 2.24) is 45.2 Å². The Kier molecular flexibility index (Phi) is 4.92. The first-order valence-electron chi connectivity index (χ1n) is 9.16. The number of aromatic nitrogens is 9. The SMILES string of the molecule is O=c1[nH]c(Cn2nnc(-c3ccc(Cl)cc3)n2)nc2c1nnn2Cc1ccccc1Cl. The summed E-state index contributed by atoms with van der Waals surface area (Å²) in [6.07, 6.45) is 0. The second-order valence-corrected chi connectivity index (χ2v) is 7.52. The van der Waals surface area contributed by atoms with E-state index in [4.69, 9.17) is 23.2 Å². The van der Waals surface area contributed by atoms with Crippen molar-refractivity contribution in [1.29, 1.82) is 0 Å². The topological polar surface area (TPSA) is 120 Å². The largest absolute Gasteiger partial charge is 0.307 e. The Morgan fingerprint density at radius 1 is 0.935 bits per heavy atom. The standard InChI is InChI=1S/C19H13Cl2N9O/c20-13-7-5-11(6-8-13)17-25-28-30(26-17)10-15-22-18-16(19(31)23-15)24-27-29(18)9-12-3-1-2-4-14(12)21/h1-8H,9-10H2,(H,22,23,31). The van der Waals surface area contributed by atoms with Crippen LogP contribution in [0, 0.1) is 0 Å². The number of nitrogens with zero attached hydrogens (tertiary/aromatic N) is 8. The number of H-pyrrole nitrogens is 1. The maximum Gasteiger partial charge on any atom is 0.281 e. The van der Waals surface area contributed by atoms with Gasteiger partial charge in [0.25, 0.3) is 5.56 Å². The van der Waals surface area contributed by atoms with E-state index in [1.165, 1.54) is 9.48 Å². The van der Waals surface area contributed by atoms with E-state index in [2.05, 4.69) is 35.7 Å². The molecule has 31 heavy (non-hydrogen) atoms. The highest BCUT2D eigenvalue weighted by atomic mass is 35.5. The fourth-order valence-electron chi connectivity index (χ4n) is 3.04. The molecule has 0 aliphatic heterocycles. The van der Waals surface area contributed by atoms with Crippen molar-refractivity contribution in [3.8, 4) is 11.4 Å². The molecule has 3 aromatic heterocycles. The molecule has 0 saturated heterocycles. The minimum absolute atomic E-state index is 0.114. The van der Waals surface area contributed by atoms with Gasteiger partial charge in [-0.3, -0.25) is 4.79 Å². The molecule has 2 aromatic carbocycles. The summed E-state index contributed by atoms with van der Waals surface area (Å²) < 4.78 is 1.53. The molecule has 0 radical (unpaired) electrons. The number of hydrogen-bond donors (Lipinski definition) is 1. The summed E-state index contributed by atoms with van der Waals surface area (Å²) in [7, 11) is 0. The lowest BCUT2D eigenvalue weighted by atomic mass is 10.2. The molecule has 10 nitrogen and oxygen atoms in total. The van der Waals surface area contributed by atoms with Gasteiger partial charge in [0.05, 0.1) is 6.54 Å². The van der Waals surface area contributed by atoms with Gasteiger partial charge in [-0.2, -0.15) is 4.80 Å². The predicted octanol–water partition coefficient (Wildman–Crippen LogP) is 2.57. The third kappa shape index (κ3) is 3.90. The minimum atomic E-state index is -0.400. The first kappa shape index (κ1) is 19.3. The number of benzene rings is 2. The van der Waals surface area contributed by atoms with E-state index < -0.39 is 5.56 Å². The summed E-state index contributed by atoms with van der Waals surface area (Å²) >= 11 is 12.2. The third-order valence-electron chi connectivity index (χ3n) is 4.55. The lowest BCUT2D eigenvalue weighted by molar-refractivity contribution is 0.553. The molecule has 0 spiro atoms. The first-order chi connectivity index (χ1) is 15.1. The van der Waals surface area contributed by atoms with Crippen molar-refractivity contribution in [2.75, 3.05) is 0 Å². The zero-order valence-electron chi connectivity index (χ0n) is 15.8. The Bertz CT molecular complexity index is 1440. The van der Waals surface area contributed by atoms with Crippen LogP contribution < -0.4 is 5.56 Å². The molecule has 0 saturated carbocycles. The Hall–Kier alpha value is -3.63. The molecule has 0 atom stereocenters. The van der Waals surface area contributed by atoms with Gasteiger partial charge in [0, 0.05) is 15.6 Å². The van der Waals surface area contributed by atoms with E-state index in [9.17, 15) is 4.79 Å². The number of tetrazole rings is 1. The number of fused-ring (bicyclic) bond motifs is 1. The van der Waals surface area contributed by atoms with Crippen molar-refractivity contribution in [2.24, 2.45) is 0 Å². The van der Waals surface area contributed by atoms with Crippen molar-refractivity contribution < 1.29 is 0 Å². The van der Waals surface area contributed by atoms with Crippen LogP contribution in [-0.2, 0) is 13.1 Å². The van der Waals surface area contributed by atoms with Gasteiger partial charge in [0.1, 0.15) is 12.4 Å². The van der Waals surface area contributed by atoms with Crippen molar-refractivity contribution in [3.63, 3.8) is 0 Å². The maximum atomic E-state index is 12.5. The summed E-state index contributed by atoms with van der Waals surface area (Å²) in [5, 5.41) is 21.6. The van der Waals surface area contributed by atoms with Gasteiger partial charge in [0.2, 0.25) is 5.82 Å². The van der Waals surface area contributed by atoms with E-state index >= 15 is 0 Å². The molecule has 0 aliphatic carbocycles. The molecule has 154 valence electrons. The van der Waals surface area contributed by atoms with Gasteiger partial charge in [-0.25, -0.2) is 9.67 Å². The molecule has 0 bridgehead atoms. The smallest absolute Gasteiger partial charge is 0.281 e. The van der Waals surface area contributed by atoms with E-state index in [0.29, 0.717) is 33.9 Å². The molecular weight excluding hydrogens is 441 g/mol. The molecule has 0 unspecified atom stereocenters. The van der Waals surface area contributed by atoms with Crippen molar-refractivity contribution in [3.05, 3.63) is 80.3 Å².